The van der Waals surface area contributed by atoms with Crippen LogP contribution in [0.3, 0.4) is 0 Å². The van der Waals surface area contributed by atoms with E-state index in [-0.39, 0.29) is 5.91 Å². The summed E-state index contributed by atoms with van der Waals surface area (Å²) >= 11 is 0. The smallest absolute Gasteiger partial charge is 0.328 e. The Morgan fingerprint density at radius 3 is 2.53 bits per heavy atom. The first kappa shape index (κ1) is 11.4. The van der Waals surface area contributed by atoms with Crippen LogP contribution in [0.25, 0.3) is 0 Å². The molecule has 17 heavy (non-hydrogen) atoms. The van der Waals surface area contributed by atoms with Crippen LogP contribution in [0.15, 0.2) is 39.6 Å². The van der Waals surface area contributed by atoms with Gasteiger partial charge < -0.3 is 4.52 Å². The lowest BCUT2D eigenvalue weighted by molar-refractivity contribution is 0.0831. The van der Waals surface area contributed by atoms with Crippen molar-refractivity contribution in [3.8, 4) is 0 Å². The first-order valence-corrected chi connectivity index (χ1v) is 5.45. The van der Waals surface area contributed by atoms with Crippen LogP contribution in [0.4, 0.5) is 0 Å². The van der Waals surface area contributed by atoms with Crippen LogP contribution in [-0.4, -0.2) is 10.6 Å². The summed E-state index contributed by atoms with van der Waals surface area (Å²) in [7, 11) is 0. The first-order valence-electron chi connectivity index (χ1n) is 5.45. The summed E-state index contributed by atoms with van der Waals surface area (Å²) in [5.41, 5.74) is 1.67. The van der Waals surface area contributed by atoms with Crippen LogP contribution in [0.1, 0.15) is 28.5 Å². The van der Waals surface area contributed by atoms with Crippen molar-refractivity contribution in [1.29, 1.82) is 0 Å². The lowest BCUT2D eigenvalue weighted by Gasteiger charge is -2.03. The molecular formula is C13H13NO3. The van der Waals surface area contributed by atoms with E-state index in [1.807, 2.05) is 26.0 Å². The molecule has 0 aliphatic heterocycles. The van der Waals surface area contributed by atoms with E-state index < -0.39 is 5.63 Å². The number of aryl methyl sites for hydroxylation is 2. The Kier molecular flexibility index (Phi) is 2.95. The molecule has 0 aliphatic carbocycles. The van der Waals surface area contributed by atoms with E-state index >= 15 is 0 Å². The molecule has 4 nitrogen and oxygen atoms in total. The Morgan fingerprint density at radius 1 is 1.29 bits per heavy atom. The highest BCUT2D eigenvalue weighted by molar-refractivity contribution is 5.95. The zero-order valence-electron chi connectivity index (χ0n) is 9.77. The minimum atomic E-state index is -0.498. The van der Waals surface area contributed by atoms with Crippen molar-refractivity contribution >= 4 is 5.91 Å². The average Bonchev–Trinajstić information content (AvgIpc) is 2.70. The van der Waals surface area contributed by atoms with Gasteiger partial charge in [0.05, 0.1) is 5.69 Å². The predicted molar refractivity (Wildman–Crippen MR) is 63.3 cm³/mol. The van der Waals surface area contributed by atoms with Crippen molar-refractivity contribution in [3.05, 3.63) is 57.6 Å². The van der Waals surface area contributed by atoms with E-state index in [0.717, 1.165) is 10.3 Å². The van der Waals surface area contributed by atoms with E-state index in [2.05, 4.69) is 0 Å². The molecule has 4 heteroatoms. The molecule has 1 heterocycles. The molecular weight excluding hydrogens is 218 g/mol. The third kappa shape index (κ3) is 2.20. The second kappa shape index (κ2) is 4.41. The van der Waals surface area contributed by atoms with Gasteiger partial charge in [0.2, 0.25) is 0 Å². The highest BCUT2D eigenvalue weighted by Gasteiger charge is 2.14. The molecule has 0 saturated heterocycles. The topological polar surface area (TPSA) is 52.2 Å². The number of nitrogens with zero attached hydrogens (tertiary/aromatic N) is 1. The van der Waals surface area contributed by atoms with Crippen LogP contribution in [0, 0.1) is 6.92 Å². The Labute approximate surface area is 98.4 Å². The molecule has 0 atom stereocenters. The van der Waals surface area contributed by atoms with Crippen LogP contribution in [0.5, 0.6) is 0 Å². The summed E-state index contributed by atoms with van der Waals surface area (Å²) in [5, 5.41) is 0. The van der Waals surface area contributed by atoms with Gasteiger partial charge in [-0.1, -0.05) is 24.6 Å². The maximum absolute atomic E-state index is 12.1. The summed E-state index contributed by atoms with van der Waals surface area (Å²) in [6, 6.07) is 8.47. The standard InChI is InChI=1S/C13H13NO3/c1-3-11-8-12(15)17-14(11)13(16)10-6-4-9(2)5-7-10/h4-8H,3H2,1-2H3. The van der Waals surface area contributed by atoms with E-state index in [9.17, 15) is 9.59 Å². The zero-order valence-corrected chi connectivity index (χ0v) is 9.77. The number of rotatable bonds is 2. The van der Waals surface area contributed by atoms with Crippen LogP contribution < -0.4 is 5.63 Å². The van der Waals surface area contributed by atoms with Crippen molar-refractivity contribution in [1.82, 2.24) is 4.74 Å². The predicted octanol–water partition coefficient (Wildman–Crippen LogP) is 2.00. The van der Waals surface area contributed by atoms with Gasteiger partial charge in [0, 0.05) is 11.6 Å². The molecule has 88 valence electrons. The summed E-state index contributed by atoms with van der Waals surface area (Å²) in [5.74, 6) is -0.316. The van der Waals surface area contributed by atoms with E-state index in [1.54, 1.807) is 12.1 Å². The molecule has 0 bridgehead atoms. The van der Waals surface area contributed by atoms with Gasteiger partial charge >= 0.3 is 5.63 Å². The minimum Gasteiger partial charge on any atom is -0.328 e. The number of carbonyl (C=O) groups is 1. The Morgan fingerprint density at radius 2 is 1.94 bits per heavy atom. The molecule has 0 unspecified atom stereocenters. The normalized spacial score (nSPS) is 10.5. The summed E-state index contributed by atoms with van der Waals surface area (Å²) in [6.07, 6.45) is 0.573. The number of hydrogen-bond donors (Lipinski definition) is 0. The minimum absolute atomic E-state index is 0.316. The van der Waals surface area contributed by atoms with E-state index in [4.69, 9.17) is 4.52 Å². The van der Waals surface area contributed by atoms with Crippen molar-refractivity contribution < 1.29 is 9.32 Å². The number of carbonyl (C=O) groups excluding carboxylic acids is 1. The Balaban J connectivity index is 2.43. The fraction of sp³-hybridized carbons (Fsp3) is 0.231. The van der Waals surface area contributed by atoms with Crippen LogP contribution >= 0.6 is 0 Å². The fourth-order valence-electron chi connectivity index (χ4n) is 1.60. The van der Waals surface area contributed by atoms with Gasteiger partial charge in [0.25, 0.3) is 5.91 Å². The lowest BCUT2D eigenvalue weighted by atomic mass is 10.1. The molecule has 0 amide bonds. The van der Waals surface area contributed by atoms with Gasteiger partial charge in [-0.2, -0.15) is 0 Å². The molecule has 0 saturated carbocycles. The first-order chi connectivity index (χ1) is 8.11. The van der Waals surface area contributed by atoms with Crippen LogP contribution in [-0.2, 0) is 6.42 Å². The third-order valence-corrected chi connectivity index (χ3v) is 2.57. The van der Waals surface area contributed by atoms with Crippen molar-refractivity contribution in [2.24, 2.45) is 0 Å². The van der Waals surface area contributed by atoms with Crippen LogP contribution in [0.2, 0.25) is 0 Å². The van der Waals surface area contributed by atoms with Crippen molar-refractivity contribution in [2.75, 3.05) is 0 Å². The van der Waals surface area contributed by atoms with Gasteiger partial charge in [0.1, 0.15) is 0 Å². The summed E-state index contributed by atoms with van der Waals surface area (Å²) in [6.45, 7) is 3.81. The Hall–Kier alpha value is -2.10. The third-order valence-electron chi connectivity index (χ3n) is 2.57. The molecule has 0 fully saturated rings. The largest absolute Gasteiger partial charge is 0.358 e. The maximum atomic E-state index is 12.1. The SMILES string of the molecule is CCc1cc(=O)on1C(=O)c1ccc(C)cc1. The quantitative estimate of drug-likeness (QED) is 0.794. The second-order valence-electron chi connectivity index (χ2n) is 3.87. The van der Waals surface area contributed by atoms with Crippen molar-refractivity contribution in [3.63, 3.8) is 0 Å². The van der Waals surface area contributed by atoms with Gasteiger partial charge in [-0.3, -0.25) is 4.79 Å². The molecule has 0 aliphatic rings. The summed E-state index contributed by atoms with van der Waals surface area (Å²) in [4.78, 5) is 23.2. The molecule has 2 rings (SSSR count). The monoisotopic (exact) mass is 231 g/mol. The van der Waals surface area contributed by atoms with E-state index in [0.29, 0.717) is 17.7 Å². The Bertz CT molecular complexity index is 590. The van der Waals surface area contributed by atoms with Crippen molar-refractivity contribution in [2.45, 2.75) is 20.3 Å². The van der Waals surface area contributed by atoms with Gasteiger partial charge in [-0.25, -0.2) is 4.79 Å². The number of hydrogen-bond acceptors (Lipinski definition) is 3. The average molecular weight is 231 g/mol. The fourth-order valence-corrected chi connectivity index (χ4v) is 1.60. The summed E-state index contributed by atoms with van der Waals surface area (Å²) < 4.78 is 5.93. The highest BCUT2D eigenvalue weighted by atomic mass is 16.5. The molecule has 0 radical (unpaired) electrons. The van der Waals surface area contributed by atoms with Gasteiger partial charge in [-0.15, -0.1) is 4.74 Å². The molecule has 0 N–H and O–H groups in total. The highest BCUT2D eigenvalue weighted by Crippen LogP contribution is 2.08. The van der Waals surface area contributed by atoms with Gasteiger partial charge in [0.15, 0.2) is 0 Å². The van der Waals surface area contributed by atoms with Gasteiger partial charge in [-0.05, 0) is 25.5 Å². The number of benzene rings is 1. The zero-order chi connectivity index (χ0) is 12.4. The molecule has 1 aromatic heterocycles. The molecule has 0 spiro atoms. The molecule has 2 aromatic rings. The lowest BCUT2D eigenvalue weighted by Crippen LogP contribution is -2.14. The maximum Gasteiger partial charge on any atom is 0.358 e. The van der Waals surface area contributed by atoms with E-state index in [1.165, 1.54) is 6.07 Å². The molecule has 1 aromatic carbocycles. The number of aromatic nitrogens is 1. The second-order valence-corrected chi connectivity index (χ2v) is 3.87.